The molecule has 1 heterocycles. The molecule has 3 heteroatoms. The van der Waals surface area contributed by atoms with E-state index < -0.39 is 0 Å². The normalized spacial score (nSPS) is 23.0. The van der Waals surface area contributed by atoms with Gasteiger partial charge in [-0.05, 0) is 63.4 Å². The van der Waals surface area contributed by atoms with Crippen LogP contribution in [-0.4, -0.2) is 23.1 Å². The molecule has 0 aliphatic carbocycles. The van der Waals surface area contributed by atoms with Crippen LogP contribution < -0.4 is 0 Å². The highest BCUT2D eigenvalue weighted by atomic mass is 19.1. The van der Waals surface area contributed by atoms with E-state index in [0.717, 1.165) is 19.0 Å². The summed E-state index contributed by atoms with van der Waals surface area (Å²) in [7, 11) is 0. The van der Waals surface area contributed by atoms with Crippen LogP contribution in [0.3, 0.4) is 0 Å². The fraction of sp³-hybridized carbons (Fsp3) is 0.625. The number of halogens is 1. The largest absolute Gasteiger partial charge is 0.508 e. The van der Waals surface area contributed by atoms with Crippen molar-refractivity contribution in [1.29, 1.82) is 0 Å². The van der Waals surface area contributed by atoms with Crippen molar-refractivity contribution in [3.8, 4) is 5.75 Å². The summed E-state index contributed by atoms with van der Waals surface area (Å²) in [5.41, 5.74) is 0.704. The summed E-state index contributed by atoms with van der Waals surface area (Å²) in [6, 6.07) is 4.29. The van der Waals surface area contributed by atoms with Gasteiger partial charge in [0.2, 0.25) is 0 Å². The summed E-state index contributed by atoms with van der Waals surface area (Å²) in [5.74, 6) is 0.740. The van der Waals surface area contributed by atoms with Crippen LogP contribution in [0.15, 0.2) is 18.2 Å². The van der Waals surface area contributed by atoms with Gasteiger partial charge in [0.15, 0.2) is 0 Å². The van der Waals surface area contributed by atoms with Crippen LogP contribution in [0.25, 0.3) is 0 Å². The summed E-state index contributed by atoms with van der Waals surface area (Å²) >= 11 is 0. The fourth-order valence-corrected chi connectivity index (χ4v) is 3.04. The monoisotopic (exact) mass is 265 g/mol. The standard InChI is InChI=1S/C16H24FNO/c1-3-13-5-4-9-18(10-8-13)12(2)15-11-14(17)6-7-16(15)19/h6-7,11-13,19H,3-5,8-10H2,1-2H3. The number of rotatable bonds is 3. The number of likely N-dealkylation sites (tertiary alicyclic amines) is 1. The predicted molar refractivity (Wildman–Crippen MR) is 75.7 cm³/mol. The topological polar surface area (TPSA) is 23.5 Å². The molecular weight excluding hydrogens is 241 g/mol. The Hall–Kier alpha value is -1.09. The van der Waals surface area contributed by atoms with Crippen molar-refractivity contribution >= 4 is 0 Å². The van der Waals surface area contributed by atoms with Crippen LogP contribution in [0, 0.1) is 11.7 Å². The Morgan fingerprint density at radius 3 is 2.89 bits per heavy atom. The molecule has 2 rings (SSSR count). The Bertz CT molecular complexity index is 421. The van der Waals surface area contributed by atoms with E-state index in [1.54, 1.807) is 0 Å². The lowest BCUT2D eigenvalue weighted by Gasteiger charge is -2.28. The van der Waals surface area contributed by atoms with Gasteiger partial charge in [0.05, 0.1) is 0 Å². The van der Waals surface area contributed by atoms with Crippen molar-refractivity contribution in [2.45, 2.75) is 45.6 Å². The van der Waals surface area contributed by atoms with Gasteiger partial charge in [0, 0.05) is 11.6 Å². The maximum absolute atomic E-state index is 13.3. The second kappa shape index (κ2) is 6.38. The highest BCUT2D eigenvalue weighted by Crippen LogP contribution is 2.31. The van der Waals surface area contributed by atoms with Gasteiger partial charge in [0.25, 0.3) is 0 Å². The molecule has 1 saturated heterocycles. The minimum atomic E-state index is -0.277. The van der Waals surface area contributed by atoms with E-state index in [1.165, 1.54) is 43.9 Å². The summed E-state index contributed by atoms with van der Waals surface area (Å²) in [6.07, 6.45) is 4.93. The van der Waals surface area contributed by atoms with Crippen molar-refractivity contribution in [3.05, 3.63) is 29.6 Å². The van der Waals surface area contributed by atoms with Crippen molar-refractivity contribution in [3.63, 3.8) is 0 Å². The molecule has 0 radical (unpaired) electrons. The van der Waals surface area contributed by atoms with E-state index in [1.807, 2.05) is 0 Å². The first-order chi connectivity index (χ1) is 9.11. The van der Waals surface area contributed by atoms with E-state index in [2.05, 4.69) is 18.7 Å². The zero-order chi connectivity index (χ0) is 13.8. The molecule has 1 N–H and O–H groups in total. The fourth-order valence-electron chi connectivity index (χ4n) is 3.04. The number of phenols is 1. The van der Waals surface area contributed by atoms with Gasteiger partial charge in [-0.25, -0.2) is 4.39 Å². The van der Waals surface area contributed by atoms with Crippen LogP contribution in [0.2, 0.25) is 0 Å². The molecule has 2 unspecified atom stereocenters. The van der Waals surface area contributed by atoms with Crippen molar-refractivity contribution < 1.29 is 9.50 Å². The third kappa shape index (κ3) is 3.47. The Labute approximate surface area is 115 Å². The van der Waals surface area contributed by atoms with Gasteiger partial charge in [-0.1, -0.05) is 13.3 Å². The molecule has 1 aromatic rings. The third-order valence-corrected chi connectivity index (χ3v) is 4.45. The SMILES string of the molecule is CCC1CCCN(C(C)c2cc(F)ccc2O)CC1. The van der Waals surface area contributed by atoms with Crippen LogP contribution in [-0.2, 0) is 0 Å². The van der Waals surface area contributed by atoms with E-state index in [9.17, 15) is 9.50 Å². The first-order valence-electron chi connectivity index (χ1n) is 7.34. The van der Waals surface area contributed by atoms with Crippen LogP contribution in [0.1, 0.15) is 51.1 Å². The molecule has 2 nitrogen and oxygen atoms in total. The molecule has 1 aromatic carbocycles. The van der Waals surface area contributed by atoms with Crippen molar-refractivity contribution in [1.82, 2.24) is 4.90 Å². The Balaban J connectivity index is 2.10. The first-order valence-corrected chi connectivity index (χ1v) is 7.34. The van der Waals surface area contributed by atoms with Gasteiger partial charge < -0.3 is 5.11 Å². The molecule has 1 aliphatic heterocycles. The molecule has 0 aromatic heterocycles. The number of nitrogens with zero attached hydrogens (tertiary/aromatic N) is 1. The molecule has 1 aliphatic rings. The number of hydrogen-bond acceptors (Lipinski definition) is 2. The average molecular weight is 265 g/mol. The predicted octanol–water partition coefficient (Wildman–Crippen LogP) is 4.10. The maximum Gasteiger partial charge on any atom is 0.123 e. The molecule has 0 amide bonds. The van der Waals surface area contributed by atoms with Crippen molar-refractivity contribution in [2.75, 3.05) is 13.1 Å². The molecule has 0 spiro atoms. The molecular formula is C16H24FNO. The number of phenolic OH excluding ortho intramolecular Hbond substituents is 1. The number of aromatic hydroxyl groups is 1. The molecule has 0 saturated carbocycles. The van der Waals surface area contributed by atoms with Gasteiger partial charge >= 0.3 is 0 Å². The highest BCUT2D eigenvalue weighted by molar-refractivity contribution is 5.34. The van der Waals surface area contributed by atoms with E-state index in [0.29, 0.717) is 5.56 Å². The Kier molecular flexibility index (Phi) is 4.81. The Morgan fingerprint density at radius 1 is 1.37 bits per heavy atom. The maximum atomic E-state index is 13.3. The van der Waals surface area contributed by atoms with Gasteiger partial charge in [0.1, 0.15) is 11.6 Å². The van der Waals surface area contributed by atoms with Crippen LogP contribution in [0.4, 0.5) is 4.39 Å². The first kappa shape index (κ1) is 14.3. The van der Waals surface area contributed by atoms with Gasteiger partial charge in [-0.2, -0.15) is 0 Å². The summed E-state index contributed by atoms with van der Waals surface area (Å²) in [6.45, 7) is 6.38. The van der Waals surface area contributed by atoms with Gasteiger partial charge in [-0.3, -0.25) is 4.90 Å². The molecule has 2 atom stereocenters. The smallest absolute Gasteiger partial charge is 0.123 e. The summed E-state index contributed by atoms with van der Waals surface area (Å²) in [4.78, 5) is 2.37. The zero-order valence-corrected chi connectivity index (χ0v) is 11.9. The van der Waals surface area contributed by atoms with Crippen molar-refractivity contribution in [2.24, 2.45) is 5.92 Å². The molecule has 19 heavy (non-hydrogen) atoms. The van der Waals surface area contributed by atoms with Crippen LogP contribution in [0.5, 0.6) is 5.75 Å². The van der Waals surface area contributed by atoms with E-state index >= 15 is 0 Å². The van der Waals surface area contributed by atoms with E-state index in [4.69, 9.17) is 0 Å². The Morgan fingerprint density at radius 2 is 2.16 bits per heavy atom. The summed E-state index contributed by atoms with van der Waals surface area (Å²) < 4.78 is 13.3. The van der Waals surface area contributed by atoms with Gasteiger partial charge in [-0.15, -0.1) is 0 Å². The third-order valence-electron chi connectivity index (χ3n) is 4.45. The van der Waals surface area contributed by atoms with E-state index in [-0.39, 0.29) is 17.6 Å². The lowest BCUT2D eigenvalue weighted by molar-refractivity contribution is 0.212. The second-order valence-electron chi connectivity index (χ2n) is 5.62. The zero-order valence-electron chi connectivity index (χ0n) is 11.9. The minimum absolute atomic E-state index is 0.0753. The highest BCUT2D eigenvalue weighted by Gasteiger charge is 2.22. The lowest BCUT2D eigenvalue weighted by atomic mass is 9.98. The summed E-state index contributed by atoms with van der Waals surface area (Å²) in [5, 5.41) is 9.91. The average Bonchev–Trinajstić information content (AvgIpc) is 2.66. The number of hydrogen-bond donors (Lipinski definition) is 1. The quantitative estimate of drug-likeness (QED) is 0.889. The molecule has 106 valence electrons. The molecule has 1 fully saturated rings. The molecule has 0 bridgehead atoms. The van der Waals surface area contributed by atoms with Crippen LogP contribution >= 0.6 is 0 Å². The lowest BCUT2D eigenvalue weighted by Crippen LogP contribution is -2.28. The minimum Gasteiger partial charge on any atom is -0.508 e. The number of benzene rings is 1. The second-order valence-corrected chi connectivity index (χ2v) is 5.62.